The average Bonchev–Trinajstić information content (AvgIpc) is 3.28. The van der Waals surface area contributed by atoms with Gasteiger partial charge in [0, 0.05) is 12.5 Å². The zero-order valence-corrected chi connectivity index (χ0v) is 13.7. The summed E-state index contributed by atoms with van der Waals surface area (Å²) in [6.45, 7) is 0. The molecule has 25 heavy (non-hydrogen) atoms. The minimum Gasteiger partial charge on any atom is -0.368 e. The molecule has 2 aromatic heterocycles. The molecule has 2 heterocycles. The number of anilines is 2. The Morgan fingerprint density at radius 3 is 2.60 bits per heavy atom. The van der Waals surface area contributed by atoms with E-state index in [-0.39, 0.29) is 5.95 Å². The topological polar surface area (TPSA) is 116 Å². The lowest BCUT2D eigenvalue weighted by molar-refractivity contribution is 0.427. The smallest absolute Gasteiger partial charge is 0.322 e. The molecule has 0 unspecified atom stereocenters. The lowest BCUT2D eigenvalue weighted by atomic mass is 10.1. The summed E-state index contributed by atoms with van der Waals surface area (Å²) in [7, 11) is 0. The minimum atomic E-state index is 0.144. The molecule has 3 N–H and O–H groups in total. The zero-order chi connectivity index (χ0) is 17.1. The first-order valence-electron chi connectivity index (χ1n) is 8.41. The van der Waals surface area contributed by atoms with Gasteiger partial charge in [-0.3, -0.25) is 0 Å². The second-order valence-corrected chi connectivity index (χ2v) is 6.14. The summed E-state index contributed by atoms with van der Waals surface area (Å²) in [5.74, 6) is 1.35. The van der Waals surface area contributed by atoms with Crippen LogP contribution in [0, 0.1) is 0 Å². The van der Waals surface area contributed by atoms with E-state index in [1.807, 2.05) is 30.3 Å². The molecule has 4 rings (SSSR count). The van der Waals surface area contributed by atoms with Crippen LogP contribution >= 0.6 is 0 Å². The van der Waals surface area contributed by atoms with Gasteiger partial charge in [0.05, 0.1) is 0 Å². The third-order valence-corrected chi connectivity index (χ3v) is 4.21. The highest BCUT2D eigenvalue weighted by Gasteiger charge is 2.19. The Morgan fingerprint density at radius 2 is 1.80 bits per heavy atom. The third-order valence-electron chi connectivity index (χ3n) is 4.21. The van der Waals surface area contributed by atoms with E-state index >= 15 is 0 Å². The van der Waals surface area contributed by atoms with Gasteiger partial charge in [0.15, 0.2) is 0 Å². The lowest BCUT2D eigenvalue weighted by Gasteiger charge is -2.07. The van der Waals surface area contributed by atoms with Gasteiger partial charge in [0.1, 0.15) is 5.82 Å². The fraction of sp³-hybridized carbons (Fsp3) is 0.353. The van der Waals surface area contributed by atoms with Crippen molar-refractivity contribution in [3.63, 3.8) is 0 Å². The standard InChI is InChI=1S/C17H19N7O/c18-16-21-13(10-11-6-2-1-3-7-11)20-14(22-16)15-23-17(25-24-15)19-12-8-4-5-9-12/h1-3,6-7,12H,4-5,8-10H2,(H,19,23,24)(H2,18,20,21,22). The van der Waals surface area contributed by atoms with Crippen molar-refractivity contribution in [1.29, 1.82) is 0 Å². The van der Waals surface area contributed by atoms with E-state index in [2.05, 4.69) is 30.4 Å². The fourth-order valence-electron chi connectivity index (χ4n) is 3.01. The predicted octanol–water partition coefficient (Wildman–Crippen LogP) is 2.45. The second kappa shape index (κ2) is 6.84. The highest BCUT2D eigenvalue weighted by atomic mass is 16.5. The molecule has 1 aliphatic carbocycles. The molecule has 128 valence electrons. The van der Waals surface area contributed by atoms with Crippen LogP contribution in [0.2, 0.25) is 0 Å². The summed E-state index contributed by atoms with van der Waals surface area (Å²) in [5, 5.41) is 7.22. The number of nitrogens with two attached hydrogens (primary N) is 1. The van der Waals surface area contributed by atoms with E-state index in [9.17, 15) is 0 Å². The van der Waals surface area contributed by atoms with Crippen LogP contribution in [0.5, 0.6) is 0 Å². The quantitative estimate of drug-likeness (QED) is 0.729. The maximum Gasteiger partial charge on any atom is 0.322 e. The van der Waals surface area contributed by atoms with E-state index in [4.69, 9.17) is 10.3 Å². The highest BCUT2D eigenvalue weighted by molar-refractivity contribution is 5.46. The molecule has 3 aromatic rings. The molecule has 0 aliphatic heterocycles. The summed E-state index contributed by atoms with van der Waals surface area (Å²) >= 11 is 0. The predicted molar refractivity (Wildman–Crippen MR) is 92.7 cm³/mol. The van der Waals surface area contributed by atoms with Crippen molar-refractivity contribution in [2.75, 3.05) is 11.1 Å². The van der Waals surface area contributed by atoms with Crippen LogP contribution in [0.1, 0.15) is 37.1 Å². The van der Waals surface area contributed by atoms with Gasteiger partial charge in [-0.1, -0.05) is 48.3 Å². The normalized spacial score (nSPS) is 14.7. The average molecular weight is 337 g/mol. The Balaban J connectivity index is 1.54. The van der Waals surface area contributed by atoms with Crippen LogP contribution in [0.25, 0.3) is 11.6 Å². The third kappa shape index (κ3) is 3.73. The molecular weight excluding hydrogens is 318 g/mol. The van der Waals surface area contributed by atoms with Crippen molar-refractivity contribution in [2.24, 2.45) is 0 Å². The van der Waals surface area contributed by atoms with Crippen LogP contribution in [0.15, 0.2) is 34.9 Å². The summed E-state index contributed by atoms with van der Waals surface area (Å²) in [6, 6.07) is 10.7. The van der Waals surface area contributed by atoms with E-state index in [0.717, 1.165) is 18.4 Å². The number of nitrogens with zero attached hydrogens (tertiary/aromatic N) is 5. The molecule has 0 saturated heterocycles. The summed E-state index contributed by atoms with van der Waals surface area (Å²) in [5.41, 5.74) is 6.92. The van der Waals surface area contributed by atoms with Crippen LogP contribution in [-0.4, -0.2) is 31.1 Å². The Kier molecular flexibility index (Phi) is 4.24. The van der Waals surface area contributed by atoms with Gasteiger partial charge in [-0.05, 0) is 18.4 Å². The molecular formula is C17H19N7O. The van der Waals surface area contributed by atoms with E-state index in [1.54, 1.807) is 0 Å². The molecule has 1 aliphatic rings. The number of benzene rings is 1. The Bertz CT molecular complexity index is 843. The van der Waals surface area contributed by atoms with Crippen LogP contribution in [0.3, 0.4) is 0 Å². The van der Waals surface area contributed by atoms with Crippen molar-refractivity contribution in [1.82, 2.24) is 25.1 Å². The molecule has 0 amide bonds. The fourth-order valence-corrected chi connectivity index (χ4v) is 3.01. The van der Waals surface area contributed by atoms with E-state index in [1.165, 1.54) is 12.8 Å². The molecule has 0 radical (unpaired) electrons. The lowest BCUT2D eigenvalue weighted by Crippen LogP contribution is -2.14. The molecule has 8 nitrogen and oxygen atoms in total. The van der Waals surface area contributed by atoms with Gasteiger partial charge in [-0.15, -0.1) is 0 Å². The first kappa shape index (κ1) is 15.5. The van der Waals surface area contributed by atoms with Gasteiger partial charge in [-0.2, -0.15) is 15.0 Å². The Labute approximate surface area is 144 Å². The summed E-state index contributed by atoms with van der Waals surface area (Å²) in [6.07, 6.45) is 5.26. The van der Waals surface area contributed by atoms with Crippen molar-refractivity contribution in [2.45, 2.75) is 38.1 Å². The summed E-state index contributed by atoms with van der Waals surface area (Å²) < 4.78 is 5.27. The van der Waals surface area contributed by atoms with Crippen molar-refractivity contribution >= 4 is 12.0 Å². The largest absolute Gasteiger partial charge is 0.368 e. The van der Waals surface area contributed by atoms with Gasteiger partial charge in [0.2, 0.25) is 17.6 Å². The molecule has 1 fully saturated rings. The Hall–Kier alpha value is -3.03. The van der Waals surface area contributed by atoms with Gasteiger partial charge in [0.25, 0.3) is 0 Å². The van der Waals surface area contributed by atoms with Crippen LogP contribution < -0.4 is 11.1 Å². The maximum absolute atomic E-state index is 5.83. The number of hydrogen-bond donors (Lipinski definition) is 2. The molecule has 0 spiro atoms. The molecule has 8 heteroatoms. The van der Waals surface area contributed by atoms with Crippen molar-refractivity contribution in [3.8, 4) is 11.6 Å². The Morgan fingerprint density at radius 1 is 1.00 bits per heavy atom. The number of aromatic nitrogens is 5. The van der Waals surface area contributed by atoms with Gasteiger partial charge >= 0.3 is 6.01 Å². The molecule has 0 bridgehead atoms. The van der Waals surface area contributed by atoms with Crippen molar-refractivity contribution in [3.05, 3.63) is 41.7 Å². The monoisotopic (exact) mass is 337 g/mol. The first-order chi connectivity index (χ1) is 12.3. The van der Waals surface area contributed by atoms with Crippen LogP contribution in [-0.2, 0) is 6.42 Å². The number of nitrogens with one attached hydrogen (secondary N) is 1. The molecule has 0 atom stereocenters. The maximum atomic E-state index is 5.83. The zero-order valence-electron chi connectivity index (χ0n) is 13.7. The van der Waals surface area contributed by atoms with Gasteiger partial charge in [-0.25, -0.2) is 4.98 Å². The second-order valence-electron chi connectivity index (χ2n) is 6.14. The van der Waals surface area contributed by atoms with E-state index in [0.29, 0.717) is 36.0 Å². The van der Waals surface area contributed by atoms with Crippen molar-refractivity contribution < 1.29 is 4.52 Å². The summed E-state index contributed by atoms with van der Waals surface area (Å²) in [4.78, 5) is 17.1. The first-order valence-corrected chi connectivity index (χ1v) is 8.41. The number of hydrogen-bond acceptors (Lipinski definition) is 8. The number of nitrogen functional groups attached to an aromatic ring is 1. The van der Waals surface area contributed by atoms with E-state index < -0.39 is 0 Å². The number of rotatable bonds is 5. The SMILES string of the molecule is Nc1nc(Cc2ccccc2)nc(-c2noc(NC3CCCC3)n2)n1. The highest BCUT2D eigenvalue weighted by Crippen LogP contribution is 2.22. The van der Waals surface area contributed by atoms with Gasteiger partial charge < -0.3 is 15.6 Å². The molecule has 1 saturated carbocycles. The minimum absolute atomic E-state index is 0.144. The molecule has 1 aromatic carbocycles. The van der Waals surface area contributed by atoms with Crippen LogP contribution in [0.4, 0.5) is 12.0 Å².